The van der Waals surface area contributed by atoms with Crippen LogP contribution in [0.25, 0.3) is 21.9 Å². The maximum atomic E-state index is 15.1. The van der Waals surface area contributed by atoms with Crippen LogP contribution in [-0.4, -0.2) is 26.2 Å². The number of fused-ring (bicyclic) bond motifs is 1. The van der Waals surface area contributed by atoms with Crippen LogP contribution in [0.4, 0.5) is 9.18 Å². The highest BCUT2D eigenvalue weighted by atomic mass is 19.1. The van der Waals surface area contributed by atoms with Crippen molar-refractivity contribution in [3.63, 3.8) is 0 Å². The molecular formula is C26H28FN3O3. The molecule has 0 saturated carbocycles. The van der Waals surface area contributed by atoms with E-state index in [0.29, 0.717) is 34.1 Å². The first kappa shape index (κ1) is 24.0. The molecule has 0 fully saturated rings. The Kier molecular flexibility index (Phi) is 6.59. The molecule has 0 bridgehead atoms. The van der Waals surface area contributed by atoms with Gasteiger partial charge in [0.15, 0.2) is 0 Å². The average molecular weight is 450 g/mol. The summed E-state index contributed by atoms with van der Waals surface area (Å²) in [7, 11) is 0. The van der Waals surface area contributed by atoms with E-state index >= 15 is 4.39 Å². The van der Waals surface area contributed by atoms with E-state index in [-0.39, 0.29) is 23.6 Å². The molecule has 172 valence electrons. The van der Waals surface area contributed by atoms with E-state index < -0.39 is 17.4 Å². The minimum absolute atomic E-state index is 0.0821. The van der Waals surface area contributed by atoms with Crippen molar-refractivity contribution in [3.8, 4) is 17.2 Å². The van der Waals surface area contributed by atoms with Crippen LogP contribution in [0.5, 0.6) is 0 Å². The highest BCUT2D eigenvalue weighted by Gasteiger charge is 2.30. The topological polar surface area (TPSA) is 86.3 Å². The maximum absolute atomic E-state index is 15.1. The maximum Gasteiger partial charge on any atom is 0.408 e. The molecule has 7 heteroatoms. The van der Waals surface area contributed by atoms with E-state index in [2.05, 4.69) is 6.07 Å². The zero-order chi connectivity index (χ0) is 24.5. The standard InChI is InChI=1S/C26H28FN3O3/c1-16(2)14-29-22(15-30(25(32)33)26(3,4)5)23(19-8-6-7-9-21(19)27)20-12-17(13-28)10-11-18(20)24(29)31/h6-12,16H,14-15H2,1-5H3,(H,32,33). The second kappa shape index (κ2) is 9.07. The lowest BCUT2D eigenvalue weighted by Crippen LogP contribution is -2.45. The number of hydrogen-bond donors (Lipinski definition) is 1. The monoisotopic (exact) mass is 449 g/mol. The summed E-state index contributed by atoms with van der Waals surface area (Å²) in [6.45, 7) is 9.44. The molecule has 1 heterocycles. The van der Waals surface area contributed by atoms with Crippen molar-refractivity contribution >= 4 is 16.9 Å². The second-order valence-corrected chi connectivity index (χ2v) is 9.52. The molecule has 0 spiro atoms. The third-order valence-electron chi connectivity index (χ3n) is 5.55. The van der Waals surface area contributed by atoms with Gasteiger partial charge in [-0.1, -0.05) is 32.0 Å². The summed E-state index contributed by atoms with van der Waals surface area (Å²) in [5.41, 5.74) is 0.357. The van der Waals surface area contributed by atoms with Gasteiger partial charge in [-0.2, -0.15) is 5.26 Å². The molecule has 3 aromatic rings. The van der Waals surface area contributed by atoms with Crippen LogP contribution < -0.4 is 5.56 Å². The van der Waals surface area contributed by atoms with Crippen molar-refractivity contribution in [1.82, 2.24) is 9.47 Å². The fourth-order valence-electron chi connectivity index (χ4n) is 3.99. The molecule has 0 unspecified atom stereocenters. The van der Waals surface area contributed by atoms with Crippen LogP contribution in [0.1, 0.15) is 45.9 Å². The predicted octanol–water partition coefficient (Wildman–Crippen LogP) is 5.61. The summed E-state index contributed by atoms with van der Waals surface area (Å²) in [5.74, 6) is -0.409. The molecule has 0 aliphatic carbocycles. The van der Waals surface area contributed by atoms with Crippen LogP contribution in [-0.2, 0) is 13.1 Å². The highest BCUT2D eigenvalue weighted by Crippen LogP contribution is 2.35. The Morgan fingerprint density at radius 1 is 1.18 bits per heavy atom. The lowest BCUT2D eigenvalue weighted by molar-refractivity contribution is 0.0937. The van der Waals surface area contributed by atoms with Crippen LogP contribution in [0, 0.1) is 23.1 Å². The minimum Gasteiger partial charge on any atom is -0.465 e. The largest absolute Gasteiger partial charge is 0.465 e. The van der Waals surface area contributed by atoms with Crippen LogP contribution in [0.3, 0.4) is 0 Å². The number of hydrogen-bond acceptors (Lipinski definition) is 3. The summed E-state index contributed by atoms with van der Waals surface area (Å²) < 4.78 is 16.7. The van der Waals surface area contributed by atoms with Gasteiger partial charge in [0.05, 0.1) is 18.2 Å². The molecule has 0 aliphatic rings. The second-order valence-electron chi connectivity index (χ2n) is 9.52. The Hall–Kier alpha value is -3.66. The molecule has 1 aromatic heterocycles. The van der Waals surface area contributed by atoms with Gasteiger partial charge in [0, 0.05) is 34.3 Å². The van der Waals surface area contributed by atoms with Gasteiger partial charge in [-0.25, -0.2) is 9.18 Å². The van der Waals surface area contributed by atoms with Gasteiger partial charge >= 0.3 is 6.09 Å². The van der Waals surface area contributed by atoms with E-state index in [9.17, 15) is 20.0 Å². The molecule has 2 aromatic carbocycles. The Balaban J connectivity index is 2.54. The van der Waals surface area contributed by atoms with Crippen molar-refractivity contribution in [2.24, 2.45) is 5.92 Å². The molecule has 6 nitrogen and oxygen atoms in total. The Morgan fingerprint density at radius 3 is 2.39 bits per heavy atom. The number of pyridine rings is 1. The SMILES string of the molecule is CC(C)Cn1c(CN(C(=O)O)C(C)(C)C)c(-c2ccccc2F)c2cc(C#N)ccc2c1=O. The van der Waals surface area contributed by atoms with Crippen LogP contribution in [0.15, 0.2) is 47.3 Å². The Bertz CT molecular complexity index is 1310. The van der Waals surface area contributed by atoms with Gasteiger partial charge in [0.2, 0.25) is 0 Å². The lowest BCUT2D eigenvalue weighted by Gasteiger charge is -2.35. The summed E-state index contributed by atoms with van der Waals surface area (Å²) in [6.07, 6.45) is -1.14. The normalized spacial score (nSPS) is 11.6. The number of amides is 1. The average Bonchev–Trinajstić information content (AvgIpc) is 2.73. The van der Waals surface area contributed by atoms with Crippen molar-refractivity contribution < 1.29 is 14.3 Å². The van der Waals surface area contributed by atoms with Crippen molar-refractivity contribution in [3.05, 3.63) is 69.9 Å². The molecule has 33 heavy (non-hydrogen) atoms. The molecule has 3 rings (SSSR count). The van der Waals surface area contributed by atoms with E-state index in [0.717, 1.165) is 0 Å². The van der Waals surface area contributed by atoms with Gasteiger partial charge in [-0.15, -0.1) is 0 Å². The summed E-state index contributed by atoms with van der Waals surface area (Å²) in [5, 5.41) is 20.2. The fourth-order valence-corrected chi connectivity index (χ4v) is 3.99. The Morgan fingerprint density at radius 2 is 1.85 bits per heavy atom. The summed E-state index contributed by atoms with van der Waals surface area (Å²) in [6, 6.07) is 13.0. The molecule has 1 N–H and O–H groups in total. The van der Waals surface area contributed by atoms with Crippen molar-refractivity contribution in [1.29, 1.82) is 5.26 Å². The summed E-state index contributed by atoms with van der Waals surface area (Å²) >= 11 is 0. The molecule has 0 saturated heterocycles. The predicted molar refractivity (Wildman–Crippen MR) is 126 cm³/mol. The third kappa shape index (κ3) is 4.75. The number of halogens is 1. The number of nitrogens with zero attached hydrogens (tertiary/aromatic N) is 3. The number of carbonyl (C=O) groups is 1. The zero-order valence-corrected chi connectivity index (χ0v) is 19.5. The third-order valence-corrected chi connectivity index (χ3v) is 5.55. The molecule has 0 atom stereocenters. The highest BCUT2D eigenvalue weighted by molar-refractivity contribution is 5.98. The quantitative estimate of drug-likeness (QED) is 0.548. The van der Waals surface area contributed by atoms with Gasteiger partial charge in [-0.3, -0.25) is 9.69 Å². The number of nitriles is 1. The number of rotatable bonds is 5. The first-order chi connectivity index (χ1) is 15.5. The molecule has 0 aliphatic heterocycles. The van der Waals surface area contributed by atoms with E-state index in [1.54, 1.807) is 61.7 Å². The lowest BCUT2D eigenvalue weighted by atomic mass is 9.94. The van der Waals surface area contributed by atoms with Gasteiger partial charge < -0.3 is 9.67 Å². The first-order valence-corrected chi connectivity index (χ1v) is 10.8. The smallest absolute Gasteiger partial charge is 0.408 e. The van der Waals surface area contributed by atoms with Gasteiger partial charge in [0.25, 0.3) is 5.56 Å². The van der Waals surface area contributed by atoms with E-state index in [1.165, 1.54) is 11.0 Å². The Labute approximate surface area is 192 Å². The fraction of sp³-hybridized carbons (Fsp3) is 0.346. The van der Waals surface area contributed by atoms with Crippen molar-refractivity contribution in [2.45, 2.75) is 53.2 Å². The molecular weight excluding hydrogens is 421 g/mol. The minimum atomic E-state index is -1.14. The molecule has 1 amide bonds. The molecule has 0 radical (unpaired) electrons. The zero-order valence-electron chi connectivity index (χ0n) is 19.5. The van der Waals surface area contributed by atoms with Crippen molar-refractivity contribution in [2.75, 3.05) is 0 Å². The summed E-state index contributed by atoms with van der Waals surface area (Å²) in [4.78, 5) is 27.0. The van der Waals surface area contributed by atoms with E-state index in [4.69, 9.17) is 0 Å². The van der Waals surface area contributed by atoms with Crippen LogP contribution in [0.2, 0.25) is 0 Å². The van der Waals surface area contributed by atoms with Gasteiger partial charge in [-0.05, 0) is 56.3 Å². The van der Waals surface area contributed by atoms with E-state index in [1.807, 2.05) is 13.8 Å². The first-order valence-electron chi connectivity index (χ1n) is 10.8. The van der Waals surface area contributed by atoms with Gasteiger partial charge in [0.1, 0.15) is 5.82 Å². The number of benzene rings is 2. The number of carboxylic acid groups (broad SMARTS) is 1. The number of aromatic nitrogens is 1. The van der Waals surface area contributed by atoms with Crippen LogP contribution >= 0.6 is 0 Å².